The number of nitrogens with two attached hydrogens (primary N) is 1. The summed E-state index contributed by atoms with van der Waals surface area (Å²) >= 11 is 7.78. The van der Waals surface area contributed by atoms with Gasteiger partial charge in [-0.25, -0.2) is 4.98 Å². The maximum Gasteiger partial charge on any atom is 0.172 e. The van der Waals surface area contributed by atoms with Crippen LogP contribution in [0, 0.1) is 0 Å². The van der Waals surface area contributed by atoms with Crippen molar-refractivity contribution in [1.29, 1.82) is 0 Å². The third-order valence-corrected chi connectivity index (χ3v) is 4.04. The van der Waals surface area contributed by atoms with Crippen LogP contribution in [0.5, 0.6) is 0 Å². The highest BCUT2D eigenvalue weighted by Crippen LogP contribution is 2.33. The first-order valence-corrected chi connectivity index (χ1v) is 6.47. The molecule has 0 saturated carbocycles. The van der Waals surface area contributed by atoms with Crippen molar-refractivity contribution in [3.8, 4) is 0 Å². The maximum atomic E-state index is 6.23. The van der Waals surface area contributed by atoms with Gasteiger partial charge in [0.15, 0.2) is 5.16 Å². The number of nitrogens with zero attached hydrogens (tertiary/aromatic N) is 2. The Morgan fingerprint density at radius 3 is 2.76 bits per heavy atom. The minimum atomic E-state index is -0.000267. The lowest BCUT2D eigenvalue weighted by Gasteiger charge is -2.09. The van der Waals surface area contributed by atoms with E-state index < -0.39 is 0 Å². The molecule has 3 nitrogen and oxygen atoms in total. The van der Waals surface area contributed by atoms with E-state index in [1.165, 1.54) is 0 Å². The SMILES string of the molecule is CC(N)c1ccc(Sc2nccn2C)c(Cl)c1. The second-order valence-corrected chi connectivity index (χ2v) is 5.32. The number of aromatic nitrogens is 2. The summed E-state index contributed by atoms with van der Waals surface area (Å²) in [4.78, 5) is 5.24. The molecule has 5 heteroatoms. The van der Waals surface area contributed by atoms with E-state index in [9.17, 15) is 0 Å². The standard InChI is InChI=1S/C12H14ClN3S/c1-8(14)9-3-4-11(10(13)7-9)17-12-15-5-6-16(12)2/h3-8H,14H2,1-2H3. The molecule has 0 saturated heterocycles. The molecule has 0 aliphatic carbocycles. The summed E-state index contributed by atoms with van der Waals surface area (Å²) in [6.07, 6.45) is 3.68. The topological polar surface area (TPSA) is 43.8 Å². The molecule has 0 fully saturated rings. The van der Waals surface area contributed by atoms with E-state index in [1.54, 1.807) is 18.0 Å². The van der Waals surface area contributed by atoms with Gasteiger partial charge < -0.3 is 10.3 Å². The van der Waals surface area contributed by atoms with Crippen LogP contribution in [0.25, 0.3) is 0 Å². The van der Waals surface area contributed by atoms with Gasteiger partial charge >= 0.3 is 0 Å². The summed E-state index contributed by atoms with van der Waals surface area (Å²) in [5.74, 6) is 0. The predicted molar refractivity (Wildman–Crippen MR) is 71.4 cm³/mol. The number of hydrogen-bond donors (Lipinski definition) is 1. The summed E-state index contributed by atoms with van der Waals surface area (Å²) in [6, 6.07) is 5.90. The van der Waals surface area contributed by atoms with Crippen molar-refractivity contribution in [1.82, 2.24) is 9.55 Å². The Morgan fingerprint density at radius 1 is 1.47 bits per heavy atom. The van der Waals surface area contributed by atoms with Crippen LogP contribution in [0.4, 0.5) is 0 Å². The largest absolute Gasteiger partial charge is 0.329 e. The monoisotopic (exact) mass is 267 g/mol. The molecule has 0 spiro atoms. The van der Waals surface area contributed by atoms with Gasteiger partial charge in [0.25, 0.3) is 0 Å². The van der Waals surface area contributed by atoms with Crippen LogP contribution in [-0.2, 0) is 7.05 Å². The molecule has 1 atom stereocenters. The van der Waals surface area contributed by atoms with Crippen LogP contribution < -0.4 is 5.73 Å². The highest BCUT2D eigenvalue weighted by molar-refractivity contribution is 7.99. The zero-order valence-electron chi connectivity index (χ0n) is 9.72. The van der Waals surface area contributed by atoms with Gasteiger partial charge in [0.05, 0.1) is 5.02 Å². The highest BCUT2D eigenvalue weighted by atomic mass is 35.5. The van der Waals surface area contributed by atoms with Crippen LogP contribution in [-0.4, -0.2) is 9.55 Å². The minimum absolute atomic E-state index is 0.000267. The lowest BCUT2D eigenvalue weighted by atomic mass is 10.1. The number of halogens is 1. The fraction of sp³-hybridized carbons (Fsp3) is 0.250. The molecule has 1 heterocycles. The van der Waals surface area contributed by atoms with Gasteiger partial charge in [-0.15, -0.1) is 0 Å². The summed E-state index contributed by atoms with van der Waals surface area (Å²) in [5.41, 5.74) is 6.85. The lowest BCUT2D eigenvalue weighted by molar-refractivity contribution is 0.790. The smallest absolute Gasteiger partial charge is 0.172 e. The second-order valence-electron chi connectivity index (χ2n) is 3.90. The highest BCUT2D eigenvalue weighted by Gasteiger charge is 2.08. The molecule has 0 radical (unpaired) electrons. The van der Waals surface area contributed by atoms with Crippen LogP contribution >= 0.6 is 23.4 Å². The molecule has 1 unspecified atom stereocenters. The van der Waals surface area contributed by atoms with Crippen molar-refractivity contribution in [2.45, 2.75) is 23.0 Å². The third-order valence-electron chi connectivity index (χ3n) is 2.46. The third kappa shape index (κ3) is 2.83. The number of hydrogen-bond acceptors (Lipinski definition) is 3. The molecular weight excluding hydrogens is 254 g/mol. The Morgan fingerprint density at radius 2 is 2.24 bits per heavy atom. The van der Waals surface area contributed by atoms with Gasteiger partial charge in [0.1, 0.15) is 0 Å². The summed E-state index contributed by atoms with van der Waals surface area (Å²) in [6.45, 7) is 1.94. The minimum Gasteiger partial charge on any atom is -0.329 e. The van der Waals surface area contributed by atoms with Crippen molar-refractivity contribution in [3.05, 3.63) is 41.2 Å². The average Bonchev–Trinajstić information content (AvgIpc) is 2.67. The quantitative estimate of drug-likeness (QED) is 0.928. The Hall–Kier alpha value is -0.970. The molecule has 90 valence electrons. The fourth-order valence-corrected chi connectivity index (χ4v) is 2.54. The first-order valence-electron chi connectivity index (χ1n) is 5.28. The van der Waals surface area contributed by atoms with E-state index in [1.807, 2.05) is 42.9 Å². The molecule has 0 amide bonds. The normalized spacial score (nSPS) is 12.7. The van der Waals surface area contributed by atoms with Crippen molar-refractivity contribution in [2.75, 3.05) is 0 Å². The van der Waals surface area contributed by atoms with Gasteiger partial charge in [-0.1, -0.05) is 29.4 Å². The first-order chi connectivity index (χ1) is 8.08. The molecule has 1 aromatic heterocycles. The molecule has 0 aliphatic heterocycles. The lowest BCUT2D eigenvalue weighted by Crippen LogP contribution is -2.04. The predicted octanol–water partition coefficient (Wildman–Crippen LogP) is 3.24. The fourth-order valence-electron chi connectivity index (χ4n) is 1.43. The van der Waals surface area contributed by atoms with E-state index in [4.69, 9.17) is 17.3 Å². The van der Waals surface area contributed by atoms with Crippen LogP contribution in [0.15, 0.2) is 40.6 Å². The van der Waals surface area contributed by atoms with Gasteiger partial charge in [0, 0.05) is 30.4 Å². The summed E-state index contributed by atoms with van der Waals surface area (Å²) in [7, 11) is 1.96. The molecule has 1 aromatic carbocycles. The Balaban J connectivity index is 2.26. The zero-order valence-corrected chi connectivity index (χ0v) is 11.3. The maximum absolute atomic E-state index is 6.23. The van der Waals surface area contributed by atoms with Gasteiger partial charge in [-0.2, -0.15) is 0 Å². The van der Waals surface area contributed by atoms with E-state index in [0.29, 0.717) is 5.02 Å². The molecule has 0 aliphatic rings. The Labute approximate surface area is 110 Å². The molecule has 17 heavy (non-hydrogen) atoms. The zero-order chi connectivity index (χ0) is 12.4. The van der Waals surface area contributed by atoms with Gasteiger partial charge in [-0.3, -0.25) is 0 Å². The van der Waals surface area contributed by atoms with E-state index in [0.717, 1.165) is 15.6 Å². The van der Waals surface area contributed by atoms with Crippen LogP contribution in [0.2, 0.25) is 5.02 Å². The van der Waals surface area contributed by atoms with E-state index >= 15 is 0 Å². The Kier molecular flexibility index (Phi) is 3.76. The second kappa shape index (κ2) is 5.12. The van der Waals surface area contributed by atoms with Crippen LogP contribution in [0.3, 0.4) is 0 Å². The van der Waals surface area contributed by atoms with Crippen molar-refractivity contribution < 1.29 is 0 Å². The molecule has 2 N–H and O–H groups in total. The first kappa shape index (κ1) is 12.5. The van der Waals surface area contributed by atoms with Crippen molar-refractivity contribution >= 4 is 23.4 Å². The van der Waals surface area contributed by atoms with Crippen molar-refractivity contribution in [3.63, 3.8) is 0 Å². The molecule has 2 rings (SSSR count). The number of rotatable bonds is 3. The summed E-state index contributed by atoms with van der Waals surface area (Å²) < 4.78 is 1.96. The number of imidazole rings is 1. The molecular formula is C12H14ClN3S. The number of aryl methyl sites for hydroxylation is 1. The van der Waals surface area contributed by atoms with Gasteiger partial charge in [0.2, 0.25) is 0 Å². The molecule has 0 bridgehead atoms. The van der Waals surface area contributed by atoms with Crippen LogP contribution in [0.1, 0.15) is 18.5 Å². The molecule has 2 aromatic rings. The average molecular weight is 268 g/mol. The number of benzene rings is 1. The van der Waals surface area contributed by atoms with Gasteiger partial charge in [-0.05, 0) is 24.6 Å². The Bertz CT molecular complexity index is 522. The van der Waals surface area contributed by atoms with Crippen molar-refractivity contribution in [2.24, 2.45) is 12.8 Å². The summed E-state index contributed by atoms with van der Waals surface area (Å²) in [5, 5.41) is 1.63. The van der Waals surface area contributed by atoms with E-state index in [2.05, 4.69) is 4.98 Å². The van der Waals surface area contributed by atoms with E-state index in [-0.39, 0.29) is 6.04 Å².